The molecule has 2 aromatic rings. The molecule has 2 rings (SSSR count). The summed E-state index contributed by atoms with van der Waals surface area (Å²) in [6.07, 6.45) is 0. The molecular weight excluding hydrogens is 190 g/mol. The molecule has 0 fully saturated rings. The zero-order chi connectivity index (χ0) is 10.8. The number of benzene rings is 1. The summed E-state index contributed by atoms with van der Waals surface area (Å²) in [4.78, 5) is 4.40. The van der Waals surface area contributed by atoms with E-state index in [4.69, 9.17) is 9.47 Å². The molecule has 0 atom stereocenters. The van der Waals surface area contributed by atoms with Gasteiger partial charge in [-0.25, -0.2) is 4.98 Å². The molecule has 1 aromatic heterocycles. The number of nitrogens with zero attached hydrogens (tertiary/aromatic N) is 1. The van der Waals surface area contributed by atoms with Gasteiger partial charge in [0.15, 0.2) is 0 Å². The average molecular weight is 203 g/mol. The molecule has 1 aromatic carbocycles. The molecule has 0 aliphatic rings. The van der Waals surface area contributed by atoms with Crippen LogP contribution in [0.5, 0.6) is 11.6 Å². The monoisotopic (exact) mass is 203 g/mol. The summed E-state index contributed by atoms with van der Waals surface area (Å²) in [6, 6.07) is 7.75. The molecule has 78 valence electrons. The number of pyridine rings is 1. The van der Waals surface area contributed by atoms with Crippen LogP contribution in [0, 0.1) is 6.92 Å². The Morgan fingerprint density at radius 3 is 2.47 bits per heavy atom. The van der Waals surface area contributed by atoms with E-state index in [0.29, 0.717) is 5.88 Å². The fourth-order valence-electron chi connectivity index (χ4n) is 1.60. The minimum atomic E-state index is 0.624. The lowest BCUT2D eigenvalue weighted by Crippen LogP contribution is -1.92. The number of hydrogen-bond donors (Lipinski definition) is 0. The molecule has 0 bridgehead atoms. The number of aromatic nitrogens is 1. The largest absolute Gasteiger partial charge is 0.496 e. The topological polar surface area (TPSA) is 31.4 Å². The Balaban J connectivity index is 2.75. The summed E-state index contributed by atoms with van der Waals surface area (Å²) in [5.41, 5.74) is 2.04. The lowest BCUT2D eigenvalue weighted by atomic mass is 10.1. The van der Waals surface area contributed by atoms with Crippen molar-refractivity contribution in [3.05, 3.63) is 29.8 Å². The number of rotatable bonds is 2. The first-order valence-electron chi connectivity index (χ1n) is 4.74. The van der Waals surface area contributed by atoms with Crippen LogP contribution in [-0.2, 0) is 0 Å². The summed E-state index contributed by atoms with van der Waals surface area (Å²) < 4.78 is 10.4. The van der Waals surface area contributed by atoms with E-state index < -0.39 is 0 Å². The van der Waals surface area contributed by atoms with Crippen molar-refractivity contribution in [1.82, 2.24) is 4.98 Å². The van der Waals surface area contributed by atoms with Crippen molar-refractivity contribution in [2.45, 2.75) is 6.92 Å². The fourth-order valence-corrected chi connectivity index (χ4v) is 1.60. The maximum Gasteiger partial charge on any atom is 0.213 e. The third-order valence-corrected chi connectivity index (χ3v) is 2.42. The van der Waals surface area contributed by atoms with Crippen LogP contribution in [0.25, 0.3) is 10.9 Å². The minimum Gasteiger partial charge on any atom is -0.496 e. The summed E-state index contributed by atoms with van der Waals surface area (Å²) in [5, 5.41) is 1.01. The Hall–Kier alpha value is -1.77. The Morgan fingerprint density at radius 1 is 1.00 bits per heavy atom. The van der Waals surface area contributed by atoms with Crippen LogP contribution in [0.2, 0.25) is 0 Å². The Morgan fingerprint density at radius 2 is 1.80 bits per heavy atom. The van der Waals surface area contributed by atoms with Gasteiger partial charge in [0.25, 0.3) is 0 Å². The van der Waals surface area contributed by atoms with E-state index in [-0.39, 0.29) is 0 Å². The zero-order valence-corrected chi connectivity index (χ0v) is 9.07. The smallest absolute Gasteiger partial charge is 0.213 e. The number of ether oxygens (including phenoxy) is 2. The van der Waals surface area contributed by atoms with E-state index in [0.717, 1.165) is 22.2 Å². The third kappa shape index (κ3) is 1.61. The summed E-state index contributed by atoms with van der Waals surface area (Å²) >= 11 is 0. The van der Waals surface area contributed by atoms with Crippen LogP contribution in [0.3, 0.4) is 0 Å². The van der Waals surface area contributed by atoms with Crippen LogP contribution < -0.4 is 9.47 Å². The molecule has 0 unspecified atom stereocenters. The molecule has 0 amide bonds. The molecule has 0 aliphatic heterocycles. The SMILES string of the molecule is COc1ccc2c(OC)ccc(C)c2n1. The van der Waals surface area contributed by atoms with Crippen molar-refractivity contribution in [2.24, 2.45) is 0 Å². The van der Waals surface area contributed by atoms with Gasteiger partial charge in [-0.2, -0.15) is 0 Å². The quantitative estimate of drug-likeness (QED) is 0.751. The average Bonchev–Trinajstić information content (AvgIpc) is 2.29. The number of hydrogen-bond acceptors (Lipinski definition) is 3. The second-order valence-corrected chi connectivity index (χ2v) is 3.33. The van der Waals surface area contributed by atoms with Crippen molar-refractivity contribution in [1.29, 1.82) is 0 Å². The van der Waals surface area contributed by atoms with Crippen LogP contribution in [0.15, 0.2) is 24.3 Å². The molecule has 0 N–H and O–H groups in total. The lowest BCUT2D eigenvalue weighted by Gasteiger charge is -2.08. The number of methoxy groups -OCH3 is 2. The molecule has 1 heterocycles. The van der Waals surface area contributed by atoms with Gasteiger partial charge in [-0.05, 0) is 24.6 Å². The van der Waals surface area contributed by atoms with E-state index in [1.807, 2.05) is 31.2 Å². The van der Waals surface area contributed by atoms with Gasteiger partial charge in [-0.1, -0.05) is 6.07 Å². The summed E-state index contributed by atoms with van der Waals surface area (Å²) in [7, 11) is 3.28. The summed E-state index contributed by atoms with van der Waals surface area (Å²) in [6.45, 7) is 2.02. The van der Waals surface area contributed by atoms with Gasteiger partial charge in [-0.3, -0.25) is 0 Å². The zero-order valence-electron chi connectivity index (χ0n) is 9.07. The van der Waals surface area contributed by atoms with Gasteiger partial charge in [0.05, 0.1) is 19.7 Å². The second-order valence-electron chi connectivity index (χ2n) is 3.33. The highest BCUT2D eigenvalue weighted by Crippen LogP contribution is 2.28. The Labute approximate surface area is 88.7 Å². The molecule has 0 spiro atoms. The lowest BCUT2D eigenvalue weighted by molar-refractivity contribution is 0.399. The molecule has 3 nitrogen and oxygen atoms in total. The molecule has 3 heteroatoms. The van der Waals surface area contributed by atoms with Crippen LogP contribution >= 0.6 is 0 Å². The molecular formula is C12H13NO2. The van der Waals surface area contributed by atoms with E-state index in [9.17, 15) is 0 Å². The van der Waals surface area contributed by atoms with Crippen LogP contribution in [-0.4, -0.2) is 19.2 Å². The first kappa shape index (κ1) is 9.77. The predicted molar refractivity (Wildman–Crippen MR) is 59.6 cm³/mol. The van der Waals surface area contributed by atoms with E-state index >= 15 is 0 Å². The van der Waals surface area contributed by atoms with E-state index in [1.165, 1.54) is 0 Å². The Bertz CT molecular complexity index is 494. The molecule has 15 heavy (non-hydrogen) atoms. The van der Waals surface area contributed by atoms with Crippen LogP contribution in [0.4, 0.5) is 0 Å². The maximum absolute atomic E-state index is 5.28. The van der Waals surface area contributed by atoms with Crippen molar-refractivity contribution in [3.63, 3.8) is 0 Å². The van der Waals surface area contributed by atoms with Gasteiger partial charge >= 0.3 is 0 Å². The predicted octanol–water partition coefficient (Wildman–Crippen LogP) is 2.56. The first-order valence-corrected chi connectivity index (χ1v) is 4.74. The normalized spacial score (nSPS) is 10.3. The minimum absolute atomic E-state index is 0.624. The fraction of sp³-hybridized carbons (Fsp3) is 0.250. The Kier molecular flexibility index (Phi) is 2.46. The van der Waals surface area contributed by atoms with Crippen molar-refractivity contribution in [3.8, 4) is 11.6 Å². The number of aryl methyl sites for hydroxylation is 1. The second kappa shape index (κ2) is 3.77. The third-order valence-electron chi connectivity index (χ3n) is 2.42. The highest BCUT2D eigenvalue weighted by Gasteiger charge is 2.06. The standard InChI is InChI=1S/C12H13NO2/c1-8-4-6-10(14-2)9-5-7-11(15-3)13-12(8)9/h4-7H,1-3H3. The maximum atomic E-state index is 5.28. The van der Waals surface area contributed by atoms with Crippen molar-refractivity contribution < 1.29 is 9.47 Å². The van der Waals surface area contributed by atoms with Gasteiger partial charge in [-0.15, -0.1) is 0 Å². The summed E-state index contributed by atoms with van der Waals surface area (Å²) in [5.74, 6) is 1.46. The molecule has 0 saturated carbocycles. The molecule has 0 aliphatic carbocycles. The van der Waals surface area contributed by atoms with Gasteiger partial charge in [0.2, 0.25) is 5.88 Å². The highest BCUT2D eigenvalue weighted by molar-refractivity contribution is 5.88. The van der Waals surface area contributed by atoms with Gasteiger partial charge in [0, 0.05) is 11.5 Å². The van der Waals surface area contributed by atoms with Crippen molar-refractivity contribution in [2.75, 3.05) is 14.2 Å². The van der Waals surface area contributed by atoms with Crippen LogP contribution in [0.1, 0.15) is 5.56 Å². The van der Waals surface area contributed by atoms with E-state index in [1.54, 1.807) is 14.2 Å². The first-order chi connectivity index (χ1) is 7.26. The van der Waals surface area contributed by atoms with E-state index in [2.05, 4.69) is 4.98 Å². The molecule has 0 saturated heterocycles. The van der Waals surface area contributed by atoms with Gasteiger partial charge in [0.1, 0.15) is 5.75 Å². The highest BCUT2D eigenvalue weighted by atomic mass is 16.5. The molecule has 0 radical (unpaired) electrons. The van der Waals surface area contributed by atoms with Gasteiger partial charge < -0.3 is 9.47 Å². The number of fused-ring (bicyclic) bond motifs is 1. The van der Waals surface area contributed by atoms with Crippen molar-refractivity contribution >= 4 is 10.9 Å².